The lowest BCUT2D eigenvalue weighted by molar-refractivity contribution is 0.599. The van der Waals surface area contributed by atoms with E-state index < -0.39 is 0 Å². The summed E-state index contributed by atoms with van der Waals surface area (Å²) >= 11 is 0. The number of imidazole rings is 1. The van der Waals surface area contributed by atoms with E-state index in [2.05, 4.69) is 4.98 Å². The molecule has 0 aliphatic heterocycles. The fourth-order valence-electron chi connectivity index (χ4n) is 1.29. The Bertz CT molecular complexity index is 436. The average molecular weight is 191 g/mol. The molecule has 0 bridgehead atoms. The first kappa shape index (κ1) is 8.74. The highest BCUT2D eigenvalue weighted by molar-refractivity contribution is 5.24. The van der Waals surface area contributed by atoms with E-state index >= 15 is 0 Å². The monoisotopic (exact) mass is 191 g/mol. The van der Waals surface area contributed by atoms with Gasteiger partial charge in [-0.3, -0.25) is 0 Å². The van der Waals surface area contributed by atoms with Gasteiger partial charge in [-0.1, -0.05) is 18.2 Å². The predicted octanol–water partition coefficient (Wildman–Crippen LogP) is 1.65. The molecule has 3 nitrogen and oxygen atoms in total. The lowest BCUT2D eigenvalue weighted by Crippen LogP contribution is -1.98. The predicted molar refractivity (Wildman–Crippen MR) is 52.1 cm³/mol. The number of hydrogen-bond acceptors (Lipinski definition) is 2. The van der Waals surface area contributed by atoms with Crippen LogP contribution in [-0.2, 0) is 6.54 Å². The number of rotatable bonds is 2. The number of hydrogen-bond donors (Lipinski definition) is 1. The minimum absolute atomic E-state index is 0.209. The minimum Gasteiger partial charge on any atom is -0.382 e. The van der Waals surface area contributed by atoms with Crippen molar-refractivity contribution in [1.82, 2.24) is 9.55 Å². The fraction of sp³-hybridized carbons (Fsp3) is 0.100. The van der Waals surface area contributed by atoms with Crippen molar-refractivity contribution in [2.24, 2.45) is 0 Å². The Morgan fingerprint density at radius 3 is 2.79 bits per heavy atom. The van der Waals surface area contributed by atoms with Gasteiger partial charge < -0.3 is 10.3 Å². The maximum absolute atomic E-state index is 13.2. The Balaban J connectivity index is 2.23. The molecule has 0 atom stereocenters. The second-order valence-electron chi connectivity index (χ2n) is 3.06. The Morgan fingerprint density at radius 1 is 1.36 bits per heavy atom. The molecule has 4 heteroatoms. The van der Waals surface area contributed by atoms with E-state index in [1.54, 1.807) is 35.3 Å². The molecule has 1 aromatic heterocycles. The summed E-state index contributed by atoms with van der Waals surface area (Å²) in [7, 11) is 0. The summed E-state index contributed by atoms with van der Waals surface area (Å²) in [6.45, 7) is 0.455. The van der Waals surface area contributed by atoms with Gasteiger partial charge in [0.15, 0.2) is 0 Å². The quantitative estimate of drug-likeness (QED) is 0.784. The third kappa shape index (κ3) is 1.74. The van der Waals surface area contributed by atoms with Gasteiger partial charge in [-0.25, -0.2) is 9.37 Å². The van der Waals surface area contributed by atoms with Crippen molar-refractivity contribution < 1.29 is 4.39 Å². The molecular formula is C10H10FN3. The molecule has 0 saturated carbocycles. The van der Waals surface area contributed by atoms with E-state index in [9.17, 15) is 4.39 Å². The van der Waals surface area contributed by atoms with Gasteiger partial charge in [-0.2, -0.15) is 0 Å². The van der Waals surface area contributed by atoms with Crippen molar-refractivity contribution in [3.8, 4) is 0 Å². The van der Waals surface area contributed by atoms with Gasteiger partial charge in [0, 0.05) is 11.8 Å². The van der Waals surface area contributed by atoms with Crippen LogP contribution in [0, 0.1) is 5.82 Å². The van der Waals surface area contributed by atoms with Gasteiger partial charge in [0.1, 0.15) is 11.6 Å². The number of aromatic nitrogens is 2. The first-order valence-corrected chi connectivity index (χ1v) is 4.26. The number of nitrogens with two attached hydrogens (primary N) is 1. The van der Waals surface area contributed by atoms with E-state index in [0.29, 0.717) is 17.9 Å². The lowest BCUT2D eigenvalue weighted by Gasteiger charge is -2.02. The zero-order valence-electron chi connectivity index (χ0n) is 7.52. The molecule has 1 heterocycles. The molecule has 0 aliphatic carbocycles. The lowest BCUT2D eigenvalue weighted by atomic mass is 10.2. The highest BCUT2D eigenvalue weighted by Crippen LogP contribution is 2.09. The molecule has 2 rings (SSSR count). The van der Waals surface area contributed by atoms with Crippen molar-refractivity contribution >= 4 is 5.82 Å². The average Bonchev–Trinajstić information content (AvgIpc) is 2.56. The largest absolute Gasteiger partial charge is 0.382 e. The van der Waals surface area contributed by atoms with Crippen molar-refractivity contribution in [3.63, 3.8) is 0 Å². The van der Waals surface area contributed by atoms with E-state index in [0.717, 1.165) is 0 Å². The zero-order chi connectivity index (χ0) is 9.97. The maximum atomic E-state index is 13.2. The van der Waals surface area contributed by atoms with E-state index in [1.807, 2.05) is 0 Å². The Hall–Kier alpha value is -1.84. The number of benzene rings is 1. The van der Waals surface area contributed by atoms with Gasteiger partial charge in [0.05, 0.1) is 12.9 Å². The smallest absolute Gasteiger partial charge is 0.141 e. The van der Waals surface area contributed by atoms with Crippen LogP contribution in [0.5, 0.6) is 0 Å². The van der Waals surface area contributed by atoms with Crippen LogP contribution in [0.4, 0.5) is 10.2 Å². The first-order chi connectivity index (χ1) is 6.75. The second-order valence-corrected chi connectivity index (χ2v) is 3.06. The molecule has 2 N–H and O–H groups in total. The number of halogens is 1. The number of anilines is 1. The van der Waals surface area contributed by atoms with Crippen LogP contribution in [0.25, 0.3) is 0 Å². The minimum atomic E-state index is -0.209. The number of nitrogen functional groups attached to an aromatic ring is 1. The molecule has 0 radical (unpaired) electrons. The normalized spacial score (nSPS) is 10.4. The summed E-state index contributed by atoms with van der Waals surface area (Å²) in [5, 5.41) is 0. The maximum Gasteiger partial charge on any atom is 0.141 e. The molecular weight excluding hydrogens is 181 g/mol. The Morgan fingerprint density at radius 2 is 2.14 bits per heavy atom. The van der Waals surface area contributed by atoms with Gasteiger partial charge in [0.25, 0.3) is 0 Å². The van der Waals surface area contributed by atoms with Crippen LogP contribution >= 0.6 is 0 Å². The summed E-state index contributed by atoms with van der Waals surface area (Å²) in [6, 6.07) is 6.65. The van der Waals surface area contributed by atoms with E-state index in [-0.39, 0.29) is 5.82 Å². The van der Waals surface area contributed by atoms with Gasteiger partial charge in [0.2, 0.25) is 0 Å². The van der Waals surface area contributed by atoms with Crippen LogP contribution in [0.1, 0.15) is 5.56 Å². The summed E-state index contributed by atoms with van der Waals surface area (Å²) in [4.78, 5) is 3.86. The van der Waals surface area contributed by atoms with Crippen molar-refractivity contribution in [2.75, 3.05) is 5.73 Å². The second kappa shape index (κ2) is 3.49. The third-order valence-corrected chi connectivity index (χ3v) is 1.96. The van der Waals surface area contributed by atoms with E-state index in [4.69, 9.17) is 5.73 Å². The van der Waals surface area contributed by atoms with Crippen LogP contribution in [-0.4, -0.2) is 9.55 Å². The molecule has 72 valence electrons. The van der Waals surface area contributed by atoms with Crippen LogP contribution in [0.2, 0.25) is 0 Å². The summed E-state index contributed by atoms with van der Waals surface area (Å²) in [5.41, 5.74) is 6.07. The molecule has 2 aromatic rings. The van der Waals surface area contributed by atoms with Crippen molar-refractivity contribution in [3.05, 3.63) is 48.2 Å². The van der Waals surface area contributed by atoms with Crippen molar-refractivity contribution in [2.45, 2.75) is 6.54 Å². The summed E-state index contributed by atoms with van der Waals surface area (Å²) in [6.07, 6.45) is 3.26. The number of nitrogens with zero attached hydrogens (tertiary/aromatic N) is 2. The summed E-state index contributed by atoms with van der Waals surface area (Å²) in [5.74, 6) is 0.237. The SMILES string of the molecule is Nc1cn(Cc2ccccc2F)cn1. The van der Waals surface area contributed by atoms with Crippen LogP contribution in [0.15, 0.2) is 36.8 Å². The molecule has 0 amide bonds. The van der Waals surface area contributed by atoms with Crippen molar-refractivity contribution in [1.29, 1.82) is 0 Å². The molecule has 0 saturated heterocycles. The molecule has 0 spiro atoms. The molecule has 0 unspecified atom stereocenters. The third-order valence-electron chi connectivity index (χ3n) is 1.96. The molecule has 0 fully saturated rings. The van der Waals surface area contributed by atoms with Crippen LogP contribution in [0.3, 0.4) is 0 Å². The van der Waals surface area contributed by atoms with E-state index in [1.165, 1.54) is 6.07 Å². The highest BCUT2D eigenvalue weighted by Gasteiger charge is 2.01. The standard InChI is InChI=1S/C10H10FN3/c11-9-4-2-1-3-8(9)5-14-6-10(12)13-7-14/h1-4,6-7H,5,12H2. The fourth-order valence-corrected chi connectivity index (χ4v) is 1.29. The zero-order valence-corrected chi connectivity index (χ0v) is 7.52. The Labute approximate surface area is 81.0 Å². The van der Waals surface area contributed by atoms with Gasteiger partial charge in [-0.15, -0.1) is 0 Å². The topological polar surface area (TPSA) is 43.8 Å². The summed E-state index contributed by atoms with van der Waals surface area (Å²) < 4.78 is 15.0. The van der Waals surface area contributed by atoms with Gasteiger partial charge in [-0.05, 0) is 6.07 Å². The Kier molecular flexibility index (Phi) is 2.18. The molecule has 1 aromatic carbocycles. The van der Waals surface area contributed by atoms with Gasteiger partial charge >= 0.3 is 0 Å². The van der Waals surface area contributed by atoms with Crippen LogP contribution < -0.4 is 5.73 Å². The molecule has 0 aliphatic rings. The highest BCUT2D eigenvalue weighted by atomic mass is 19.1. The first-order valence-electron chi connectivity index (χ1n) is 4.26. The molecule has 14 heavy (non-hydrogen) atoms.